The van der Waals surface area contributed by atoms with Crippen molar-refractivity contribution >= 4 is 44.0 Å². The zero-order valence-electron chi connectivity index (χ0n) is 18.6. The van der Waals surface area contributed by atoms with Gasteiger partial charge in [0.1, 0.15) is 0 Å². The fourth-order valence-corrected chi connectivity index (χ4v) is 4.22. The molecule has 1 atom stereocenters. The molecule has 0 spiro atoms. The number of nitrogens with zero attached hydrogens (tertiary/aromatic N) is 5. The zero-order chi connectivity index (χ0) is 23.7. The van der Waals surface area contributed by atoms with Gasteiger partial charge in [0, 0.05) is 45.9 Å². The van der Waals surface area contributed by atoms with Gasteiger partial charge in [0.05, 0.1) is 23.6 Å². The molecule has 0 bridgehead atoms. The number of benzene rings is 1. The summed E-state index contributed by atoms with van der Waals surface area (Å²) in [6.07, 6.45) is 9.27. The SMILES string of the molecule is C=S(C)(=O)Nc1ncc(NC(=O)c2n[nH]c3ccc(-c4cncc(CN5CCC5)c4)cc23)cn1. The van der Waals surface area contributed by atoms with Crippen molar-refractivity contribution in [3.8, 4) is 11.1 Å². The fraction of sp³-hybridized carbons (Fsp3) is 0.217. The van der Waals surface area contributed by atoms with E-state index in [2.05, 4.69) is 52.0 Å². The molecule has 34 heavy (non-hydrogen) atoms. The number of aromatic amines is 1. The number of amides is 1. The van der Waals surface area contributed by atoms with Gasteiger partial charge in [-0.3, -0.25) is 24.5 Å². The van der Waals surface area contributed by atoms with Gasteiger partial charge >= 0.3 is 0 Å². The van der Waals surface area contributed by atoms with Crippen molar-refractivity contribution in [3.63, 3.8) is 0 Å². The van der Waals surface area contributed by atoms with Crippen molar-refractivity contribution in [1.82, 2.24) is 30.0 Å². The number of aromatic nitrogens is 5. The van der Waals surface area contributed by atoms with Gasteiger partial charge in [-0.05, 0) is 54.7 Å². The topological polar surface area (TPSA) is 129 Å². The maximum atomic E-state index is 12.9. The number of pyridine rings is 1. The third-order valence-electron chi connectivity index (χ3n) is 5.48. The Kier molecular flexibility index (Phi) is 5.72. The van der Waals surface area contributed by atoms with Crippen molar-refractivity contribution in [2.24, 2.45) is 0 Å². The quantitative estimate of drug-likeness (QED) is 0.350. The van der Waals surface area contributed by atoms with E-state index in [9.17, 15) is 9.00 Å². The highest BCUT2D eigenvalue weighted by atomic mass is 32.2. The van der Waals surface area contributed by atoms with E-state index in [0.717, 1.165) is 41.8 Å². The number of hydrogen-bond donors (Lipinski definition) is 3. The van der Waals surface area contributed by atoms with Crippen LogP contribution in [-0.2, 0) is 16.3 Å². The van der Waals surface area contributed by atoms with E-state index >= 15 is 0 Å². The second-order valence-electron chi connectivity index (χ2n) is 8.40. The van der Waals surface area contributed by atoms with Crippen molar-refractivity contribution in [2.75, 3.05) is 29.4 Å². The highest BCUT2D eigenvalue weighted by molar-refractivity contribution is 8.00. The molecule has 0 radical (unpaired) electrons. The number of anilines is 2. The molecular formula is C23H24N8O2S. The molecule has 10 nitrogen and oxygen atoms in total. The van der Waals surface area contributed by atoms with Gasteiger partial charge in [0.15, 0.2) is 5.69 Å². The number of fused-ring (bicyclic) bond motifs is 1. The summed E-state index contributed by atoms with van der Waals surface area (Å²) in [5.41, 5.74) is 4.51. The Morgan fingerprint density at radius 2 is 1.94 bits per heavy atom. The van der Waals surface area contributed by atoms with E-state index in [1.165, 1.54) is 25.1 Å². The number of H-pyrrole nitrogens is 1. The van der Waals surface area contributed by atoms with Crippen LogP contribution in [0.3, 0.4) is 0 Å². The van der Waals surface area contributed by atoms with Crippen LogP contribution < -0.4 is 10.0 Å². The smallest absolute Gasteiger partial charge is 0.276 e. The third-order valence-corrected chi connectivity index (χ3v) is 6.09. The molecule has 1 aromatic carbocycles. The van der Waals surface area contributed by atoms with E-state index in [1.807, 2.05) is 30.6 Å². The van der Waals surface area contributed by atoms with E-state index in [1.54, 1.807) is 0 Å². The molecule has 1 fully saturated rings. The first-order valence-electron chi connectivity index (χ1n) is 10.7. The Bertz CT molecular complexity index is 1460. The van der Waals surface area contributed by atoms with Gasteiger partial charge in [0.2, 0.25) is 5.95 Å². The van der Waals surface area contributed by atoms with Gasteiger partial charge in [-0.1, -0.05) is 6.07 Å². The predicted octanol–water partition coefficient (Wildman–Crippen LogP) is 2.55. The molecule has 11 heteroatoms. The largest absolute Gasteiger partial charge is 0.318 e. The molecule has 1 saturated heterocycles. The fourth-order valence-electron chi connectivity index (χ4n) is 3.73. The van der Waals surface area contributed by atoms with Crippen LogP contribution in [0.15, 0.2) is 49.1 Å². The third kappa shape index (κ3) is 4.90. The Morgan fingerprint density at radius 1 is 1.15 bits per heavy atom. The number of nitrogens with one attached hydrogen (secondary N) is 3. The van der Waals surface area contributed by atoms with Gasteiger partial charge < -0.3 is 5.32 Å². The Labute approximate surface area is 197 Å². The molecule has 3 aromatic heterocycles. The number of carbonyl (C=O) groups is 1. The number of rotatable bonds is 7. The molecule has 174 valence electrons. The minimum absolute atomic E-state index is 0.167. The predicted molar refractivity (Wildman–Crippen MR) is 134 cm³/mol. The highest BCUT2D eigenvalue weighted by Crippen LogP contribution is 2.26. The maximum absolute atomic E-state index is 12.9. The average Bonchev–Trinajstić information content (AvgIpc) is 3.20. The van der Waals surface area contributed by atoms with Crippen LogP contribution in [0.1, 0.15) is 22.5 Å². The Hall–Kier alpha value is -3.83. The van der Waals surface area contributed by atoms with Gasteiger partial charge in [-0.15, -0.1) is 0 Å². The second kappa shape index (κ2) is 8.84. The minimum atomic E-state index is -2.49. The van der Waals surface area contributed by atoms with Crippen LogP contribution >= 0.6 is 0 Å². The number of carbonyl (C=O) groups excluding carboxylic acids is 1. The molecule has 1 aliphatic rings. The molecule has 4 aromatic rings. The lowest BCUT2D eigenvalue weighted by atomic mass is 10.0. The average molecular weight is 477 g/mol. The van der Waals surface area contributed by atoms with E-state index in [-0.39, 0.29) is 11.6 Å². The molecule has 5 rings (SSSR count). The molecule has 0 saturated carbocycles. The van der Waals surface area contributed by atoms with Crippen LogP contribution in [0.25, 0.3) is 22.0 Å². The Balaban J connectivity index is 1.37. The van der Waals surface area contributed by atoms with Crippen LogP contribution in [0.2, 0.25) is 0 Å². The number of hydrogen-bond acceptors (Lipinski definition) is 7. The zero-order valence-corrected chi connectivity index (χ0v) is 19.4. The monoisotopic (exact) mass is 476 g/mol. The van der Waals surface area contributed by atoms with Crippen LogP contribution in [-0.4, -0.2) is 65.4 Å². The van der Waals surface area contributed by atoms with Crippen LogP contribution in [0.5, 0.6) is 0 Å². The lowest BCUT2D eigenvalue weighted by molar-refractivity contribution is 0.102. The highest BCUT2D eigenvalue weighted by Gasteiger charge is 2.17. The van der Waals surface area contributed by atoms with Gasteiger partial charge in [-0.2, -0.15) is 5.10 Å². The number of likely N-dealkylation sites (tertiary alicyclic amines) is 1. The summed E-state index contributed by atoms with van der Waals surface area (Å²) in [4.78, 5) is 27.8. The van der Waals surface area contributed by atoms with Crippen molar-refractivity contribution in [2.45, 2.75) is 13.0 Å². The first-order chi connectivity index (χ1) is 16.3. The standard InChI is InChI=1S/C23H24N8O2S/c1-34(2,33)30-23-25-12-18(13-26-23)27-22(32)21-19-9-16(4-5-20(19)28-29-21)17-8-15(10-24-11-17)14-31-6-3-7-31/h4-5,8-13H,1,3,6-7,14H2,2H3,(H,27,32)(H,28,29)(H,25,26,30,33). The van der Waals surface area contributed by atoms with Crippen molar-refractivity contribution in [3.05, 3.63) is 60.3 Å². The maximum Gasteiger partial charge on any atom is 0.276 e. The first-order valence-corrected chi connectivity index (χ1v) is 12.9. The second-order valence-corrected chi connectivity index (χ2v) is 10.6. The summed E-state index contributed by atoms with van der Waals surface area (Å²) in [7, 11) is -2.49. The lowest BCUT2D eigenvalue weighted by Gasteiger charge is -2.30. The van der Waals surface area contributed by atoms with Crippen LogP contribution in [0.4, 0.5) is 11.6 Å². The molecular weight excluding hydrogens is 452 g/mol. The summed E-state index contributed by atoms with van der Waals surface area (Å²) in [6.45, 7) is 3.15. The molecule has 0 aliphatic carbocycles. The summed E-state index contributed by atoms with van der Waals surface area (Å²) in [6, 6.07) is 7.97. The lowest BCUT2D eigenvalue weighted by Crippen LogP contribution is -2.36. The van der Waals surface area contributed by atoms with E-state index in [0.29, 0.717) is 11.1 Å². The minimum Gasteiger partial charge on any atom is -0.318 e. The summed E-state index contributed by atoms with van der Waals surface area (Å²) in [5, 5.41) is 10.6. The summed E-state index contributed by atoms with van der Waals surface area (Å²) in [5.74, 6) is 3.27. The van der Waals surface area contributed by atoms with Crippen molar-refractivity contribution < 1.29 is 9.00 Å². The molecule has 4 heterocycles. The van der Waals surface area contributed by atoms with Gasteiger partial charge in [0.25, 0.3) is 5.91 Å². The summed E-state index contributed by atoms with van der Waals surface area (Å²) >= 11 is 0. The van der Waals surface area contributed by atoms with Crippen LogP contribution in [0, 0.1) is 0 Å². The van der Waals surface area contributed by atoms with Crippen molar-refractivity contribution in [1.29, 1.82) is 0 Å². The molecule has 1 amide bonds. The molecule has 3 N–H and O–H groups in total. The first kappa shape index (κ1) is 22.0. The molecule has 1 aliphatic heterocycles. The van der Waals surface area contributed by atoms with E-state index in [4.69, 9.17) is 0 Å². The normalized spacial score (nSPS) is 15.4. The Morgan fingerprint density at radius 3 is 2.65 bits per heavy atom. The van der Waals surface area contributed by atoms with Gasteiger partial charge in [-0.25, -0.2) is 14.2 Å². The summed E-state index contributed by atoms with van der Waals surface area (Å²) < 4.78 is 14.3. The molecule has 1 unspecified atom stereocenters. The van der Waals surface area contributed by atoms with E-state index < -0.39 is 15.6 Å².